The molecule has 0 aliphatic carbocycles. The Morgan fingerprint density at radius 1 is 1.22 bits per heavy atom. The lowest BCUT2D eigenvalue weighted by atomic mass is 10.00. The molecule has 2 bridgehead atoms. The predicted molar refractivity (Wildman–Crippen MR) is 99.8 cm³/mol. The number of carbonyl (C=O) groups is 3. The number of hydrogen-bond donors (Lipinski definition) is 3. The third-order valence-corrected chi connectivity index (χ3v) is 5.46. The molecule has 2 unspecified atom stereocenters. The van der Waals surface area contributed by atoms with Crippen molar-refractivity contribution >= 4 is 39.3 Å². The minimum absolute atomic E-state index is 0.0353. The van der Waals surface area contributed by atoms with Crippen LogP contribution in [0, 0.1) is 5.92 Å². The zero-order chi connectivity index (χ0) is 19.4. The van der Waals surface area contributed by atoms with Crippen LogP contribution in [0.25, 0.3) is 10.1 Å². The molecule has 0 spiro atoms. The van der Waals surface area contributed by atoms with Gasteiger partial charge in [0.2, 0.25) is 0 Å². The molecule has 0 radical (unpaired) electrons. The fraction of sp³-hybridized carbons (Fsp3) is 0.333. The number of pyridine rings is 1. The first-order valence-electron chi connectivity index (χ1n) is 8.43. The van der Waals surface area contributed by atoms with Gasteiger partial charge in [-0.3, -0.25) is 4.79 Å². The number of carbonyl (C=O) groups excluding carboxylic acids is 1. The minimum atomic E-state index is -1.26. The van der Waals surface area contributed by atoms with Gasteiger partial charge in [-0.1, -0.05) is 0 Å². The molecule has 2 saturated heterocycles. The summed E-state index contributed by atoms with van der Waals surface area (Å²) in [6.45, 7) is 3.33. The van der Waals surface area contributed by atoms with Crippen LogP contribution < -0.4 is 5.32 Å². The molecule has 2 aliphatic heterocycles. The first-order chi connectivity index (χ1) is 12.9. The van der Waals surface area contributed by atoms with Gasteiger partial charge in [-0.05, 0) is 41.8 Å². The van der Waals surface area contributed by atoms with Gasteiger partial charge in [0.1, 0.15) is 5.69 Å². The number of fused-ring (bicyclic) bond motifs is 3. The van der Waals surface area contributed by atoms with Crippen LogP contribution in [0.5, 0.6) is 0 Å². The average Bonchev–Trinajstić information content (AvgIpc) is 3.36. The van der Waals surface area contributed by atoms with Crippen molar-refractivity contribution in [2.24, 2.45) is 5.92 Å². The summed E-state index contributed by atoms with van der Waals surface area (Å²) in [4.78, 5) is 38.1. The van der Waals surface area contributed by atoms with Crippen molar-refractivity contribution in [3.05, 3.63) is 41.6 Å². The van der Waals surface area contributed by atoms with E-state index in [4.69, 9.17) is 10.2 Å². The van der Waals surface area contributed by atoms with Crippen LogP contribution in [0.15, 0.2) is 35.9 Å². The number of carboxylic acids is 2. The Hall–Kier alpha value is -2.78. The van der Waals surface area contributed by atoms with Gasteiger partial charge in [0.15, 0.2) is 0 Å². The van der Waals surface area contributed by atoms with E-state index in [-0.39, 0.29) is 5.91 Å². The first kappa shape index (κ1) is 19.0. The van der Waals surface area contributed by atoms with Gasteiger partial charge in [-0.25, -0.2) is 14.6 Å². The van der Waals surface area contributed by atoms with E-state index < -0.39 is 11.9 Å². The van der Waals surface area contributed by atoms with Crippen molar-refractivity contribution in [2.75, 3.05) is 19.6 Å². The highest BCUT2D eigenvalue weighted by molar-refractivity contribution is 7.17. The number of aromatic nitrogens is 1. The van der Waals surface area contributed by atoms with Crippen molar-refractivity contribution in [3.8, 4) is 0 Å². The Morgan fingerprint density at radius 2 is 1.96 bits per heavy atom. The van der Waals surface area contributed by atoms with Crippen molar-refractivity contribution in [1.82, 2.24) is 15.2 Å². The average molecular weight is 389 g/mol. The lowest BCUT2D eigenvalue weighted by Crippen LogP contribution is -2.43. The molecule has 3 atom stereocenters. The molecule has 2 aliphatic rings. The van der Waals surface area contributed by atoms with Gasteiger partial charge < -0.3 is 20.4 Å². The van der Waals surface area contributed by atoms with Crippen molar-refractivity contribution in [3.63, 3.8) is 0 Å². The number of nitrogens with one attached hydrogen (secondary N) is 1. The third-order valence-electron chi connectivity index (χ3n) is 4.59. The van der Waals surface area contributed by atoms with Gasteiger partial charge in [0.05, 0.1) is 4.70 Å². The third kappa shape index (κ3) is 4.89. The SMILES string of the molecule is O=C(N[C@@H]1CN2CCC1C2)c1cc2ccsc2cn1.O=C(O)/C=C/C(=O)O. The van der Waals surface area contributed by atoms with Gasteiger partial charge in [0, 0.05) is 37.5 Å². The molecule has 2 aromatic heterocycles. The molecule has 4 heterocycles. The quantitative estimate of drug-likeness (QED) is 0.677. The monoisotopic (exact) mass is 389 g/mol. The maximum absolute atomic E-state index is 12.3. The smallest absolute Gasteiger partial charge is 0.328 e. The molecule has 4 rings (SSSR count). The van der Waals surface area contributed by atoms with E-state index >= 15 is 0 Å². The topological polar surface area (TPSA) is 120 Å². The number of aliphatic carboxylic acids is 2. The fourth-order valence-electron chi connectivity index (χ4n) is 3.32. The number of nitrogens with zero attached hydrogens (tertiary/aromatic N) is 2. The molecule has 9 heteroatoms. The number of carboxylic acid groups (broad SMARTS) is 2. The molecule has 0 aromatic carbocycles. The standard InChI is InChI=1S/C14H15N3OS.C4H4O4/c18-14(16-12-8-17-3-1-10(12)7-17)11-5-9-2-4-19-13(9)6-15-11;5-3(6)1-2-4(7)8/h2,4-6,10,12H,1,3,7-8H2,(H,16,18);1-2H,(H,5,6)(H,7,8)/b;2-1+/t10?,12-;/m1./s1. The molecule has 142 valence electrons. The molecule has 27 heavy (non-hydrogen) atoms. The fourth-order valence-corrected chi connectivity index (χ4v) is 4.06. The second-order valence-corrected chi connectivity index (χ2v) is 7.37. The van der Waals surface area contributed by atoms with E-state index in [1.54, 1.807) is 17.5 Å². The van der Waals surface area contributed by atoms with Crippen LogP contribution in [-0.4, -0.2) is 63.6 Å². The van der Waals surface area contributed by atoms with Crippen LogP contribution in [-0.2, 0) is 9.59 Å². The van der Waals surface area contributed by atoms with Crippen molar-refractivity contribution in [2.45, 2.75) is 12.5 Å². The molecule has 2 fully saturated rings. The molecular weight excluding hydrogens is 370 g/mol. The summed E-state index contributed by atoms with van der Waals surface area (Å²) >= 11 is 1.65. The predicted octanol–water partition coefficient (Wildman–Crippen LogP) is 1.44. The van der Waals surface area contributed by atoms with Crippen LogP contribution in [0.4, 0.5) is 0 Å². The molecular formula is C18H19N3O5S. The van der Waals surface area contributed by atoms with E-state index in [0.29, 0.717) is 29.8 Å². The first-order valence-corrected chi connectivity index (χ1v) is 9.31. The summed E-state index contributed by atoms with van der Waals surface area (Å²) in [6, 6.07) is 4.22. The molecule has 1 amide bonds. The molecule has 2 aromatic rings. The summed E-state index contributed by atoms with van der Waals surface area (Å²) in [5.41, 5.74) is 0.531. The number of rotatable bonds is 4. The number of thiophene rings is 1. The Bertz CT molecular complexity index is 878. The van der Waals surface area contributed by atoms with Gasteiger partial charge in [-0.2, -0.15) is 0 Å². The second-order valence-electron chi connectivity index (χ2n) is 6.43. The Balaban J connectivity index is 0.000000226. The Kier molecular flexibility index (Phi) is 5.82. The van der Waals surface area contributed by atoms with Crippen molar-refractivity contribution in [1.29, 1.82) is 0 Å². The molecule has 3 N–H and O–H groups in total. The van der Waals surface area contributed by atoms with E-state index in [1.807, 2.05) is 17.5 Å². The van der Waals surface area contributed by atoms with Crippen LogP contribution in [0.1, 0.15) is 16.9 Å². The highest BCUT2D eigenvalue weighted by atomic mass is 32.1. The largest absolute Gasteiger partial charge is 0.478 e. The summed E-state index contributed by atoms with van der Waals surface area (Å²) in [5, 5.41) is 21.9. The summed E-state index contributed by atoms with van der Waals surface area (Å²) in [7, 11) is 0. The lowest BCUT2D eigenvalue weighted by Gasteiger charge is -2.22. The zero-order valence-corrected chi connectivity index (χ0v) is 15.2. The number of hydrogen-bond acceptors (Lipinski definition) is 6. The zero-order valence-electron chi connectivity index (χ0n) is 14.4. The van der Waals surface area contributed by atoms with Gasteiger partial charge in [-0.15, -0.1) is 11.3 Å². The Morgan fingerprint density at radius 3 is 2.56 bits per heavy atom. The summed E-state index contributed by atoms with van der Waals surface area (Å²) < 4.78 is 1.13. The summed E-state index contributed by atoms with van der Waals surface area (Å²) in [6.07, 6.45) is 4.12. The van der Waals surface area contributed by atoms with Crippen LogP contribution in [0.3, 0.4) is 0 Å². The maximum atomic E-state index is 12.3. The van der Waals surface area contributed by atoms with E-state index in [9.17, 15) is 14.4 Å². The highest BCUT2D eigenvalue weighted by Gasteiger charge is 2.38. The highest BCUT2D eigenvalue weighted by Crippen LogP contribution is 2.28. The van der Waals surface area contributed by atoms with E-state index in [2.05, 4.69) is 15.2 Å². The van der Waals surface area contributed by atoms with E-state index in [1.165, 1.54) is 13.0 Å². The van der Waals surface area contributed by atoms with Crippen LogP contribution >= 0.6 is 11.3 Å². The molecule has 0 saturated carbocycles. The van der Waals surface area contributed by atoms with Gasteiger partial charge in [0.25, 0.3) is 5.91 Å². The normalized spacial score (nSPS) is 23.2. The number of piperidine rings is 1. The van der Waals surface area contributed by atoms with Crippen molar-refractivity contribution < 1.29 is 24.6 Å². The summed E-state index contributed by atoms with van der Waals surface area (Å²) in [5.74, 6) is -1.92. The minimum Gasteiger partial charge on any atom is -0.478 e. The maximum Gasteiger partial charge on any atom is 0.328 e. The van der Waals surface area contributed by atoms with E-state index in [0.717, 1.165) is 23.2 Å². The molecule has 8 nitrogen and oxygen atoms in total. The van der Waals surface area contributed by atoms with Gasteiger partial charge >= 0.3 is 11.9 Å². The lowest BCUT2D eigenvalue weighted by molar-refractivity contribution is -0.134. The second kappa shape index (κ2) is 8.28. The number of amides is 1. The van der Waals surface area contributed by atoms with Crippen LogP contribution in [0.2, 0.25) is 0 Å². The Labute approximate surface area is 159 Å².